The van der Waals surface area contributed by atoms with E-state index in [1.165, 1.54) is 16.9 Å². The van der Waals surface area contributed by atoms with E-state index in [0.717, 1.165) is 39.3 Å². The number of hydrogen-bond acceptors (Lipinski definition) is 5. The fourth-order valence-electron chi connectivity index (χ4n) is 6.41. The van der Waals surface area contributed by atoms with E-state index in [1.54, 1.807) is 13.6 Å². The molecule has 1 aromatic heterocycles. The third-order valence-electron chi connectivity index (χ3n) is 8.51. The molecule has 4 aromatic carbocycles. The Kier molecular flexibility index (Phi) is 8.63. The van der Waals surface area contributed by atoms with Gasteiger partial charge in [0.25, 0.3) is 5.91 Å². The molecule has 43 heavy (non-hydrogen) atoms. The van der Waals surface area contributed by atoms with E-state index in [1.807, 2.05) is 77.7 Å². The zero-order valence-electron chi connectivity index (χ0n) is 24.6. The smallest absolute Gasteiger partial charge is 0.264 e. The molecule has 2 atom stereocenters. The Morgan fingerprint density at radius 1 is 0.907 bits per heavy atom. The molecule has 220 valence electrons. The number of thiophene rings is 1. The summed E-state index contributed by atoms with van der Waals surface area (Å²) in [4.78, 5) is 30.9. The van der Waals surface area contributed by atoms with Crippen molar-refractivity contribution in [1.29, 1.82) is 0 Å². The van der Waals surface area contributed by atoms with Crippen molar-refractivity contribution in [3.8, 4) is 0 Å². The largest absolute Gasteiger partial charge is 0.338 e. The Hall–Kier alpha value is -3.57. The van der Waals surface area contributed by atoms with Crippen molar-refractivity contribution in [3.05, 3.63) is 119 Å². The standard InChI is InChI=1S/C36H36NO4PS/c1-3-41-42(2,40)34(31(38)24-25-17-18-27-13-7-8-14-29(27)23-25)33-30-15-9-10-16-32(30)43-35(33)36(39)37-21-19-28(20-22-37)26-11-5-4-6-12-26/h4-18,23,28,34H,3,19-22,24H2,1-2H3. The maximum atomic E-state index is 14.3. The summed E-state index contributed by atoms with van der Waals surface area (Å²) in [6.07, 6.45) is 1.86. The van der Waals surface area contributed by atoms with Crippen molar-refractivity contribution in [2.75, 3.05) is 26.4 Å². The molecule has 1 saturated heterocycles. The number of carbonyl (C=O) groups excluding carboxylic acids is 2. The second kappa shape index (κ2) is 12.6. The van der Waals surface area contributed by atoms with Gasteiger partial charge in [-0.2, -0.15) is 0 Å². The van der Waals surface area contributed by atoms with E-state index in [4.69, 9.17) is 4.52 Å². The first-order chi connectivity index (χ1) is 20.9. The highest BCUT2D eigenvalue weighted by Crippen LogP contribution is 2.60. The lowest BCUT2D eigenvalue weighted by Gasteiger charge is -2.33. The van der Waals surface area contributed by atoms with Crippen molar-refractivity contribution >= 4 is 51.3 Å². The number of amides is 1. The maximum absolute atomic E-state index is 14.3. The lowest BCUT2D eigenvalue weighted by molar-refractivity contribution is -0.118. The third kappa shape index (κ3) is 6.10. The number of likely N-dealkylation sites (tertiary alicyclic amines) is 1. The summed E-state index contributed by atoms with van der Waals surface area (Å²) in [6.45, 7) is 4.82. The van der Waals surface area contributed by atoms with Gasteiger partial charge in [-0.1, -0.05) is 91.0 Å². The number of nitrogens with zero attached hydrogens (tertiary/aromatic N) is 1. The van der Waals surface area contributed by atoms with Crippen molar-refractivity contribution in [2.24, 2.45) is 0 Å². The first-order valence-corrected chi connectivity index (χ1v) is 17.9. The maximum Gasteiger partial charge on any atom is 0.264 e. The normalized spacial score (nSPS) is 16.3. The number of fused-ring (bicyclic) bond motifs is 2. The minimum Gasteiger partial charge on any atom is -0.338 e. The predicted octanol–water partition coefficient (Wildman–Crippen LogP) is 8.87. The molecule has 0 radical (unpaired) electrons. The molecule has 1 fully saturated rings. The number of rotatable bonds is 9. The third-order valence-corrected chi connectivity index (χ3v) is 11.9. The summed E-state index contributed by atoms with van der Waals surface area (Å²) >= 11 is 1.39. The quantitative estimate of drug-likeness (QED) is 0.157. The van der Waals surface area contributed by atoms with Crippen molar-refractivity contribution in [2.45, 2.75) is 37.8 Å². The summed E-state index contributed by atoms with van der Waals surface area (Å²) in [5.74, 6) is 0.120. The highest BCUT2D eigenvalue weighted by Gasteiger charge is 2.42. The topological polar surface area (TPSA) is 63.7 Å². The zero-order valence-corrected chi connectivity index (χ0v) is 26.3. The van der Waals surface area contributed by atoms with Gasteiger partial charge in [0.2, 0.25) is 7.37 Å². The number of carbonyl (C=O) groups is 2. The van der Waals surface area contributed by atoms with Crippen LogP contribution in [0.3, 0.4) is 0 Å². The molecule has 6 rings (SSSR count). The summed E-state index contributed by atoms with van der Waals surface area (Å²) < 4.78 is 21.0. The average Bonchev–Trinajstić information content (AvgIpc) is 3.40. The van der Waals surface area contributed by atoms with Gasteiger partial charge in [0.15, 0.2) is 5.78 Å². The van der Waals surface area contributed by atoms with Crippen LogP contribution in [0.15, 0.2) is 97.1 Å². The number of piperidine rings is 1. The van der Waals surface area contributed by atoms with Gasteiger partial charge in [-0.05, 0) is 59.0 Å². The van der Waals surface area contributed by atoms with Gasteiger partial charge in [0, 0.05) is 36.4 Å². The number of ketones is 1. The minimum atomic E-state index is -3.51. The molecule has 7 heteroatoms. The second-order valence-electron chi connectivity index (χ2n) is 11.4. The SMILES string of the molecule is CCOP(C)(=O)C(C(=O)Cc1ccc2ccccc2c1)c1c(C(=O)N2CCC(c3ccccc3)CC2)sc2ccccc12. The van der Waals surface area contributed by atoms with E-state index < -0.39 is 13.0 Å². The summed E-state index contributed by atoms with van der Waals surface area (Å²) in [5.41, 5.74) is 1.66. The molecule has 0 N–H and O–H groups in total. The first-order valence-electron chi connectivity index (χ1n) is 14.9. The molecule has 2 unspecified atom stereocenters. The molecule has 2 heterocycles. The van der Waals surface area contributed by atoms with E-state index in [0.29, 0.717) is 29.4 Å². The van der Waals surface area contributed by atoms with E-state index in [-0.39, 0.29) is 24.7 Å². The van der Waals surface area contributed by atoms with Crippen molar-refractivity contribution in [3.63, 3.8) is 0 Å². The van der Waals surface area contributed by atoms with Gasteiger partial charge in [0.1, 0.15) is 5.66 Å². The van der Waals surface area contributed by atoms with Crippen LogP contribution >= 0.6 is 18.7 Å². The fraction of sp³-hybridized carbons (Fsp3) is 0.278. The Morgan fingerprint density at radius 2 is 1.58 bits per heavy atom. The lowest BCUT2D eigenvalue weighted by Crippen LogP contribution is -2.38. The molecule has 0 saturated carbocycles. The monoisotopic (exact) mass is 609 g/mol. The number of benzene rings is 4. The average molecular weight is 610 g/mol. The van der Waals surface area contributed by atoms with E-state index in [9.17, 15) is 14.2 Å². The number of hydrogen-bond donors (Lipinski definition) is 0. The summed E-state index contributed by atoms with van der Waals surface area (Å²) in [5, 5.41) is 2.94. The molecule has 0 bridgehead atoms. The molecule has 5 nitrogen and oxygen atoms in total. The molecule has 1 aliphatic heterocycles. The Bertz CT molecular complexity index is 1820. The van der Waals surface area contributed by atoms with Gasteiger partial charge < -0.3 is 9.42 Å². The van der Waals surface area contributed by atoms with Crippen LogP contribution < -0.4 is 0 Å². The van der Waals surface area contributed by atoms with Gasteiger partial charge >= 0.3 is 0 Å². The van der Waals surface area contributed by atoms with Crippen LogP contribution in [0.4, 0.5) is 0 Å². The molecular formula is C36H36NO4PS. The molecule has 5 aromatic rings. The zero-order chi connectivity index (χ0) is 30.0. The Labute approximate surface area is 256 Å². The van der Waals surface area contributed by atoms with Gasteiger partial charge in [-0.15, -0.1) is 11.3 Å². The minimum absolute atomic E-state index is 0.0947. The summed E-state index contributed by atoms with van der Waals surface area (Å²) in [7, 11) is -3.51. The molecule has 1 amide bonds. The van der Waals surface area contributed by atoms with Gasteiger partial charge in [-0.3, -0.25) is 14.2 Å². The van der Waals surface area contributed by atoms with Crippen LogP contribution in [0.25, 0.3) is 20.9 Å². The van der Waals surface area contributed by atoms with Crippen LogP contribution in [0.5, 0.6) is 0 Å². The fourth-order valence-corrected chi connectivity index (χ4v) is 9.72. The molecule has 1 aliphatic rings. The molecule has 0 spiro atoms. The van der Waals surface area contributed by atoms with E-state index >= 15 is 0 Å². The lowest BCUT2D eigenvalue weighted by atomic mass is 9.89. The molecule has 0 aliphatic carbocycles. The van der Waals surface area contributed by atoms with E-state index in [2.05, 4.69) is 24.3 Å². The first kappa shape index (κ1) is 29.5. The van der Waals surface area contributed by atoms with Crippen molar-refractivity contribution < 1.29 is 18.7 Å². The van der Waals surface area contributed by atoms with Crippen LogP contribution in [-0.2, 0) is 20.3 Å². The highest BCUT2D eigenvalue weighted by molar-refractivity contribution is 7.59. The molecular weight excluding hydrogens is 573 g/mol. The van der Waals surface area contributed by atoms with Gasteiger partial charge in [0.05, 0.1) is 11.5 Å². The van der Waals surface area contributed by atoms with Crippen LogP contribution in [0, 0.1) is 0 Å². The second-order valence-corrected chi connectivity index (χ2v) is 15.0. The van der Waals surface area contributed by atoms with Crippen LogP contribution in [0.2, 0.25) is 0 Å². The van der Waals surface area contributed by atoms with Crippen LogP contribution in [0.1, 0.15) is 57.7 Å². The Morgan fingerprint density at radius 3 is 2.33 bits per heavy atom. The van der Waals surface area contributed by atoms with Crippen molar-refractivity contribution in [1.82, 2.24) is 4.90 Å². The Balaban J connectivity index is 1.36. The predicted molar refractivity (Wildman–Crippen MR) is 177 cm³/mol. The summed E-state index contributed by atoms with van der Waals surface area (Å²) in [6, 6.07) is 32.2. The number of Topliss-reactive ketones (excluding diaryl/α,β-unsaturated/α-hetero) is 1. The van der Waals surface area contributed by atoms with Gasteiger partial charge in [-0.25, -0.2) is 0 Å². The highest BCUT2D eigenvalue weighted by atomic mass is 32.1. The van der Waals surface area contributed by atoms with Crippen LogP contribution in [-0.4, -0.2) is 43.0 Å².